The molecule has 0 unspecified atom stereocenters. The zero-order valence-corrected chi connectivity index (χ0v) is 12.4. The number of hydrogen-bond acceptors (Lipinski definition) is 2. The van der Waals surface area contributed by atoms with E-state index in [9.17, 15) is 8.42 Å². The average Bonchev–Trinajstić information content (AvgIpc) is 2.50. The fraction of sp³-hybridized carbons (Fsp3) is 0.0588. The molecule has 0 saturated carbocycles. The maximum absolute atomic E-state index is 12.4. The average molecular weight is 299 g/mol. The first kappa shape index (κ1) is 15.1. The highest BCUT2D eigenvalue weighted by molar-refractivity contribution is 7.92. The van der Waals surface area contributed by atoms with Gasteiger partial charge in [0.25, 0.3) is 10.0 Å². The Labute approximate surface area is 125 Å². The van der Waals surface area contributed by atoms with Crippen LogP contribution in [0.5, 0.6) is 0 Å². The summed E-state index contributed by atoms with van der Waals surface area (Å²) in [4.78, 5) is 0.235. The monoisotopic (exact) mass is 299 g/mol. The van der Waals surface area contributed by atoms with E-state index in [1.54, 1.807) is 54.6 Å². The van der Waals surface area contributed by atoms with E-state index >= 15 is 0 Å². The van der Waals surface area contributed by atoms with Gasteiger partial charge in [0.15, 0.2) is 0 Å². The third-order valence-corrected chi connectivity index (χ3v) is 4.46. The molecular weight excluding hydrogens is 282 g/mol. The summed E-state index contributed by atoms with van der Waals surface area (Å²) in [5.41, 5.74) is 2.31. The minimum absolute atomic E-state index is 0.235. The third-order valence-electron chi connectivity index (χ3n) is 3.08. The molecule has 0 radical (unpaired) electrons. The van der Waals surface area contributed by atoms with Gasteiger partial charge < -0.3 is 0 Å². The molecule has 0 aliphatic rings. The fourth-order valence-corrected chi connectivity index (χ4v) is 3.18. The normalized spacial score (nSPS) is 10.9. The largest absolute Gasteiger partial charge is 0.279 e. The number of nitrogens with one attached hydrogen (secondary N) is 1. The van der Waals surface area contributed by atoms with Gasteiger partial charge in [-0.3, -0.25) is 4.72 Å². The van der Waals surface area contributed by atoms with Crippen LogP contribution in [0.15, 0.2) is 72.7 Å². The van der Waals surface area contributed by atoms with Crippen molar-refractivity contribution in [3.63, 3.8) is 0 Å². The lowest BCUT2D eigenvalue weighted by Crippen LogP contribution is -2.14. The van der Waals surface area contributed by atoms with E-state index in [2.05, 4.69) is 17.9 Å². The highest BCUT2D eigenvalue weighted by atomic mass is 32.2. The van der Waals surface area contributed by atoms with Gasteiger partial charge in [0.1, 0.15) is 0 Å². The second kappa shape index (κ2) is 6.41. The molecule has 1 N–H and O–H groups in total. The van der Waals surface area contributed by atoms with Gasteiger partial charge in [-0.2, -0.15) is 0 Å². The molecule has 0 heterocycles. The van der Waals surface area contributed by atoms with Gasteiger partial charge in [0, 0.05) is 0 Å². The Morgan fingerprint density at radius 1 is 1.00 bits per heavy atom. The minimum Gasteiger partial charge on any atom is -0.279 e. The molecule has 0 atom stereocenters. The molecule has 0 aliphatic heterocycles. The summed E-state index contributed by atoms with van der Waals surface area (Å²) in [6, 6.07) is 13.7. The van der Waals surface area contributed by atoms with Crippen molar-refractivity contribution in [1.82, 2.24) is 0 Å². The van der Waals surface area contributed by atoms with E-state index in [-0.39, 0.29) is 4.90 Å². The standard InChI is InChI=1S/C17H17NO2S/c1-3-9-16-14(4-2)10-8-13-17(16)18-21(19,20)15-11-6-5-7-12-15/h3-8,10-13,18H,1-2,9H2. The Morgan fingerprint density at radius 2 is 1.71 bits per heavy atom. The van der Waals surface area contributed by atoms with Crippen molar-refractivity contribution in [2.75, 3.05) is 4.72 Å². The molecule has 0 bridgehead atoms. The van der Waals surface area contributed by atoms with Crippen molar-refractivity contribution < 1.29 is 8.42 Å². The van der Waals surface area contributed by atoms with Crippen LogP contribution in [0.2, 0.25) is 0 Å². The Balaban J connectivity index is 2.44. The molecule has 2 aromatic carbocycles. The van der Waals surface area contributed by atoms with Gasteiger partial charge in [0.05, 0.1) is 10.6 Å². The number of sulfonamides is 1. The molecule has 2 rings (SSSR count). The zero-order chi connectivity index (χ0) is 15.3. The van der Waals surface area contributed by atoms with Crippen molar-refractivity contribution in [2.24, 2.45) is 0 Å². The van der Waals surface area contributed by atoms with Gasteiger partial charge in [0.2, 0.25) is 0 Å². The van der Waals surface area contributed by atoms with E-state index in [4.69, 9.17) is 0 Å². The Bertz CT molecular complexity index is 750. The summed E-state index contributed by atoms with van der Waals surface area (Å²) in [6.07, 6.45) is 4.01. The molecule has 21 heavy (non-hydrogen) atoms. The molecule has 0 aromatic heterocycles. The highest BCUT2D eigenvalue weighted by Gasteiger charge is 2.16. The van der Waals surface area contributed by atoms with Crippen molar-refractivity contribution in [2.45, 2.75) is 11.3 Å². The van der Waals surface area contributed by atoms with E-state index in [1.165, 1.54) is 0 Å². The predicted molar refractivity (Wildman–Crippen MR) is 87.7 cm³/mol. The van der Waals surface area contributed by atoms with Crippen LogP contribution in [0.1, 0.15) is 11.1 Å². The summed E-state index contributed by atoms with van der Waals surface area (Å²) >= 11 is 0. The summed E-state index contributed by atoms with van der Waals surface area (Å²) in [7, 11) is -3.60. The van der Waals surface area contributed by atoms with Crippen LogP contribution in [0.4, 0.5) is 5.69 Å². The highest BCUT2D eigenvalue weighted by Crippen LogP contribution is 2.24. The molecule has 0 fully saturated rings. The van der Waals surface area contributed by atoms with Gasteiger partial charge in [-0.05, 0) is 35.7 Å². The van der Waals surface area contributed by atoms with E-state index in [0.29, 0.717) is 12.1 Å². The summed E-state index contributed by atoms with van der Waals surface area (Å²) in [5, 5.41) is 0. The first-order valence-corrected chi connectivity index (χ1v) is 8.00. The smallest absolute Gasteiger partial charge is 0.261 e. The lowest BCUT2D eigenvalue weighted by Gasteiger charge is -2.14. The lowest BCUT2D eigenvalue weighted by molar-refractivity contribution is 0.601. The fourth-order valence-electron chi connectivity index (χ4n) is 2.07. The zero-order valence-electron chi connectivity index (χ0n) is 11.6. The summed E-state index contributed by atoms with van der Waals surface area (Å²) in [5.74, 6) is 0. The van der Waals surface area contributed by atoms with E-state index < -0.39 is 10.0 Å². The molecule has 4 heteroatoms. The Morgan fingerprint density at radius 3 is 2.33 bits per heavy atom. The number of allylic oxidation sites excluding steroid dienone is 1. The van der Waals surface area contributed by atoms with Crippen LogP contribution in [0, 0.1) is 0 Å². The maximum Gasteiger partial charge on any atom is 0.261 e. The topological polar surface area (TPSA) is 46.2 Å². The van der Waals surface area contributed by atoms with Crippen molar-refractivity contribution >= 4 is 21.8 Å². The first-order chi connectivity index (χ1) is 10.1. The van der Waals surface area contributed by atoms with E-state index in [0.717, 1.165) is 11.1 Å². The number of rotatable bonds is 6. The molecule has 2 aromatic rings. The number of anilines is 1. The van der Waals surface area contributed by atoms with Gasteiger partial charge in [-0.15, -0.1) is 6.58 Å². The van der Waals surface area contributed by atoms with Gasteiger partial charge in [-0.1, -0.05) is 49.1 Å². The first-order valence-electron chi connectivity index (χ1n) is 6.51. The van der Waals surface area contributed by atoms with Crippen LogP contribution in [-0.4, -0.2) is 8.42 Å². The molecule has 108 valence electrons. The minimum atomic E-state index is -3.60. The number of hydrogen-bond donors (Lipinski definition) is 1. The second-order valence-electron chi connectivity index (χ2n) is 4.49. The van der Waals surface area contributed by atoms with Gasteiger partial charge >= 0.3 is 0 Å². The van der Waals surface area contributed by atoms with Crippen LogP contribution < -0.4 is 4.72 Å². The summed E-state index contributed by atoms with van der Waals surface area (Å²) in [6.45, 7) is 7.47. The van der Waals surface area contributed by atoms with E-state index in [1.807, 2.05) is 6.07 Å². The Hall–Kier alpha value is -2.33. The van der Waals surface area contributed by atoms with Crippen molar-refractivity contribution in [3.05, 3.63) is 78.9 Å². The van der Waals surface area contributed by atoms with Crippen LogP contribution >= 0.6 is 0 Å². The summed E-state index contributed by atoms with van der Waals surface area (Å²) < 4.78 is 27.4. The third kappa shape index (κ3) is 3.41. The quantitative estimate of drug-likeness (QED) is 0.823. The Kier molecular flexibility index (Phi) is 4.60. The SMILES string of the molecule is C=CCc1c(C=C)cccc1NS(=O)(=O)c1ccccc1. The molecule has 0 amide bonds. The molecular formula is C17H17NO2S. The maximum atomic E-state index is 12.4. The number of benzene rings is 2. The van der Waals surface area contributed by atoms with Crippen LogP contribution in [0.25, 0.3) is 6.08 Å². The second-order valence-corrected chi connectivity index (χ2v) is 6.17. The molecule has 0 spiro atoms. The van der Waals surface area contributed by atoms with Crippen LogP contribution in [0.3, 0.4) is 0 Å². The molecule has 0 saturated heterocycles. The molecule has 0 aliphatic carbocycles. The molecule has 3 nitrogen and oxygen atoms in total. The van der Waals surface area contributed by atoms with Gasteiger partial charge in [-0.25, -0.2) is 8.42 Å². The predicted octanol–water partition coefficient (Wildman–Crippen LogP) is 3.86. The lowest BCUT2D eigenvalue weighted by atomic mass is 10.0. The van der Waals surface area contributed by atoms with Crippen molar-refractivity contribution in [3.8, 4) is 0 Å². The van der Waals surface area contributed by atoms with Crippen molar-refractivity contribution in [1.29, 1.82) is 0 Å². The van der Waals surface area contributed by atoms with Crippen LogP contribution in [-0.2, 0) is 16.4 Å².